The molecule has 0 amide bonds. The lowest BCUT2D eigenvalue weighted by molar-refractivity contribution is -0.137. The van der Waals surface area contributed by atoms with Crippen LogP contribution in [0, 0.1) is 0 Å². The van der Waals surface area contributed by atoms with Gasteiger partial charge in [0, 0.05) is 18.8 Å². The Bertz CT molecular complexity index is 858. The average Bonchev–Trinajstić information content (AvgIpc) is 3.10. The summed E-state index contributed by atoms with van der Waals surface area (Å²) in [5, 5.41) is 9.54. The highest BCUT2D eigenvalue weighted by atomic mass is 19.4. The normalized spacial score (nSPS) is 18.1. The number of halogens is 3. The molecule has 1 aromatic heterocycles. The quantitative estimate of drug-likeness (QED) is 0.428. The van der Waals surface area contributed by atoms with E-state index in [0.29, 0.717) is 18.2 Å². The van der Waals surface area contributed by atoms with E-state index in [1.54, 1.807) is 12.1 Å². The smallest absolute Gasteiger partial charge is 0.416 e. The van der Waals surface area contributed by atoms with Crippen molar-refractivity contribution in [2.24, 2.45) is 4.99 Å². The Hall–Kier alpha value is -2.65. The number of pyridine rings is 1. The van der Waals surface area contributed by atoms with E-state index in [-0.39, 0.29) is 17.5 Å². The van der Waals surface area contributed by atoms with Crippen LogP contribution in [0.3, 0.4) is 0 Å². The zero-order valence-electron chi connectivity index (χ0n) is 16.0. The third-order valence-electron chi connectivity index (χ3n) is 4.91. The van der Waals surface area contributed by atoms with Crippen LogP contribution in [0.4, 0.5) is 13.2 Å². The molecule has 156 valence electrons. The Morgan fingerprint density at radius 2 is 2.17 bits per heavy atom. The van der Waals surface area contributed by atoms with Gasteiger partial charge in [-0.05, 0) is 63.2 Å². The van der Waals surface area contributed by atoms with Gasteiger partial charge in [0.25, 0.3) is 0 Å². The average molecular weight is 408 g/mol. The van der Waals surface area contributed by atoms with Crippen molar-refractivity contribution in [3.8, 4) is 11.6 Å². The van der Waals surface area contributed by atoms with Crippen molar-refractivity contribution in [1.82, 2.24) is 15.4 Å². The van der Waals surface area contributed by atoms with Gasteiger partial charge in [0.15, 0.2) is 5.84 Å². The molecule has 0 aliphatic carbocycles. The van der Waals surface area contributed by atoms with E-state index in [9.17, 15) is 18.4 Å². The van der Waals surface area contributed by atoms with Gasteiger partial charge in [-0.1, -0.05) is 6.07 Å². The van der Waals surface area contributed by atoms with Crippen LogP contribution < -0.4 is 10.2 Å². The van der Waals surface area contributed by atoms with Crippen molar-refractivity contribution < 1.29 is 23.1 Å². The first-order valence-corrected chi connectivity index (χ1v) is 9.34. The van der Waals surface area contributed by atoms with Crippen molar-refractivity contribution in [1.29, 1.82) is 0 Å². The van der Waals surface area contributed by atoms with Crippen molar-refractivity contribution in [2.45, 2.75) is 31.5 Å². The molecule has 9 heteroatoms. The van der Waals surface area contributed by atoms with Gasteiger partial charge in [0.1, 0.15) is 5.75 Å². The van der Waals surface area contributed by atoms with Crippen LogP contribution in [0.2, 0.25) is 0 Å². The first-order chi connectivity index (χ1) is 13.9. The number of nitrogens with zero attached hydrogens (tertiary/aromatic N) is 3. The number of hydrogen-bond acceptors (Lipinski definition) is 5. The molecule has 1 aliphatic heterocycles. The highest BCUT2D eigenvalue weighted by molar-refractivity contribution is 6.00. The molecule has 0 radical (unpaired) electrons. The van der Waals surface area contributed by atoms with E-state index >= 15 is 0 Å². The number of nitrogens with one attached hydrogen (secondary N) is 1. The van der Waals surface area contributed by atoms with Gasteiger partial charge in [0.05, 0.1) is 11.1 Å². The molecular formula is C20H23F3N4O2. The van der Waals surface area contributed by atoms with E-state index in [1.165, 1.54) is 18.3 Å². The Morgan fingerprint density at radius 1 is 1.34 bits per heavy atom. The minimum atomic E-state index is -4.47. The van der Waals surface area contributed by atoms with E-state index < -0.39 is 11.7 Å². The first kappa shape index (κ1) is 21.1. The van der Waals surface area contributed by atoms with Gasteiger partial charge in [-0.3, -0.25) is 15.7 Å². The fourth-order valence-corrected chi connectivity index (χ4v) is 3.35. The van der Waals surface area contributed by atoms with Crippen molar-refractivity contribution >= 4 is 5.84 Å². The van der Waals surface area contributed by atoms with Gasteiger partial charge in [-0.15, -0.1) is 0 Å². The number of rotatable bonds is 6. The summed E-state index contributed by atoms with van der Waals surface area (Å²) < 4.78 is 44.4. The lowest BCUT2D eigenvalue weighted by atomic mass is 10.1. The van der Waals surface area contributed by atoms with Crippen LogP contribution in [-0.4, -0.2) is 47.1 Å². The van der Waals surface area contributed by atoms with Gasteiger partial charge in [-0.25, -0.2) is 4.98 Å². The Morgan fingerprint density at radius 3 is 2.86 bits per heavy atom. The van der Waals surface area contributed by atoms with Gasteiger partial charge in [-0.2, -0.15) is 13.2 Å². The molecule has 2 N–H and O–H groups in total. The molecule has 1 unspecified atom stereocenters. The topological polar surface area (TPSA) is 70.0 Å². The zero-order valence-corrected chi connectivity index (χ0v) is 16.0. The van der Waals surface area contributed by atoms with Crippen LogP contribution in [0.15, 0.2) is 47.6 Å². The van der Waals surface area contributed by atoms with Crippen LogP contribution in [-0.2, 0) is 6.18 Å². The van der Waals surface area contributed by atoms with E-state index in [4.69, 9.17) is 4.74 Å². The van der Waals surface area contributed by atoms with Crippen LogP contribution in [0.25, 0.3) is 0 Å². The molecular weight excluding hydrogens is 385 g/mol. The van der Waals surface area contributed by atoms with Crippen LogP contribution >= 0.6 is 0 Å². The van der Waals surface area contributed by atoms with Crippen LogP contribution in [0.1, 0.15) is 30.4 Å². The fourth-order valence-electron chi connectivity index (χ4n) is 3.35. The Balaban J connectivity index is 1.77. The summed E-state index contributed by atoms with van der Waals surface area (Å²) in [4.78, 5) is 10.8. The third-order valence-corrected chi connectivity index (χ3v) is 4.91. The minimum Gasteiger partial charge on any atom is -0.438 e. The van der Waals surface area contributed by atoms with Crippen LogP contribution in [0.5, 0.6) is 11.6 Å². The number of aliphatic imine (C=N–C) groups is 1. The second-order valence-electron chi connectivity index (χ2n) is 6.89. The molecule has 1 aromatic carbocycles. The molecule has 1 atom stereocenters. The molecule has 0 bridgehead atoms. The molecule has 1 fully saturated rings. The predicted octanol–water partition coefficient (Wildman–Crippen LogP) is 4.10. The number of hydroxylamine groups is 1. The summed E-state index contributed by atoms with van der Waals surface area (Å²) >= 11 is 0. The number of hydrogen-bond donors (Lipinski definition) is 2. The maximum atomic E-state index is 12.9. The SMILES string of the molecule is CN1CCCC1CCN=C(NO)c1cccnc1Oc1cccc(C(F)(F)F)c1. The van der Waals surface area contributed by atoms with E-state index in [0.717, 1.165) is 37.9 Å². The number of likely N-dealkylation sites (tertiary alicyclic amines) is 1. The Labute approximate surface area is 167 Å². The molecule has 29 heavy (non-hydrogen) atoms. The Kier molecular flexibility index (Phi) is 6.71. The molecule has 6 nitrogen and oxygen atoms in total. The van der Waals surface area contributed by atoms with Crippen molar-refractivity contribution in [3.05, 3.63) is 53.7 Å². The highest BCUT2D eigenvalue weighted by Gasteiger charge is 2.30. The third kappa shape index (κ3) is 5.45. The number of amidine groups is 1. The highest BCUT2D eigenvalue weighted by Crippen LogP contribution is 2.33. The number of ether oxygens (including phenoxy) is 1. The summed E-state index contributed by atoms with van der Waals surface area (Å²) in [5.41, 5.74) is 1.59. The second kappa shape index (κ2) is 9.23. The monoisotopic (exact) mass is 408 g/mol. The van der Waals surface area contributed by atoms with Gasteiger partial charge in [0.2, 0.25) is 5.88 Å². The van der Waals surface area contributed by atoms with E-state index in [2.05, 4.69) is 27.4 Å². The summed E-state index contributed by atoms with van der Waals surface area (Å²) in [6.45, 7) is 1.55. The van der Waals surface area contributed by atoms with Crippen molar-refractivity contribution in [3.63, 3.8) is 0 Å². The summed E-state index contributed by atoms with van der Waals surface area (Å²) in [6.07, 6.45) is 0.0952. The first-order valence-electron chi connectivity index (χ1n) is 9.34. The molecule has 0 spiro atoms. The maximum Gasteiger partial charge on any atom is 0.416 e. The molecule has 3 rings (SSSR count). The maximum absolute atomic E-state index is 12.9. The van der Waals surface area contributed by atoms with Crippen molar-refractivity contribution in [2.75, 3.05) is 20.1 Å². The molecule has 1 saturated heterocycles. The molecule has 2 heterocycles. The molecule has 0 saturated carbocycles. The number of alkyl halides is 3. The number of benzene rings is 1. The zero-order chi connectivity index (χ0) is 20.9. The second-order valence-corrected chi connectivity index (χ2v) is 6.89. The van der Waals surface area contributed by atoms with E-state index in [1.807, 2.05) is 0 Å². The van der Waals surface area contributed by atoms with Gasteiger partial charge >= 0.3 is 6.18 Å². The minimum absolute atomic E-state index is 0.00959. The molecule has 2 aromatic rings. The summed E-state index contributed by atoms with van der Waals surface area (Å²) in [7, 11) is 2.08. The largest absolute Gasteiger partial charge is 0.438 e. The summed E-state index contributed by atoms with van der Waals surface area (Å²) in [5.74, 6) is 0.190. The predicted molar refractivity (Wildman–Crippen MR) is 102 cm³/mol. The molecule has 1 aliphatic rings. The standard InChI is InChI=1S/C20H23F3N4O2/c1-27-12-4-6-15(27)9-11-24-18(26-28)17-8-3-10-25-19(17)29-16-7-2-5-14(13-16)20(21,22)23/h2-3,5,7-8,10,13,15,28H,4,6,9,11-12H2,1H3,(H,24,26). The number of aromatic nitrogens is 1. The fraction of sp³-hybridized carbons (Fsp3) is 0.400. The summed E-state index contributed by atoms with van der Waals surface area (Å²) in [6, 6.07) is 8.25. The lowest BCUT2D eigenvalue weighted by Gasteiger charge is -2.18. The lowest BCUT2D eigenvalue weighted by Crippen LogP contribution is -2.26. The van der Waals surface area contributed by atoms with Gasteiger partial charge < -0.3 is 9.64 Å².